The van der Waals surface area contributed by atoms with Gasteiger partial charge < -0.3 is 4.57 Å². The van der Waals surface area contributed by atoms with Crippen LogP contribution in [0.2, 0.25) is 0 Å². The van der Waals surface area contributed by atoms with Crippen LogP contribution in [0.1, 0.15) is 13.8 Å². The van der Waals surface area contributed by atoms with Gasteiger partial charge in [0.2, 0.25) is 0 Å². The van der Waals surface area contributed by atoms with Crippen LogP contribution in [0, 0.1) is 4.77 Å². The van der Waals surface area contributed by atoms with E-state index in [0.717, 1.165) is 0 Å². The summed E-state index contributed by atoms with van der Waals surface area (Å²) in [5, 5.41) is 0. The number of hydrogen-bond donors (Lipinski definition) is 1. The minimum Gasteiger partial charge on any atom is -0.321 e. The molecule has 0 saturated carbocycles. The van der Waals surface area contributed by atoms with Crippen molar-refractivity contribution in [2.75, 3.05) is 0 Å². The number of allylic oxidation sites excluding steroid dienone is 2. The van der Waals surface area contributed by atoms with Gasteiger partial charge in [-0.3, -0.25) is 9.78 Å². The zero-order valence-electron chi connectivity index (χ0n) is 7.70. The van der Waals surface area contributed by atoms with Crippen molar-refractivity contribution in [2.24, 2.45) is 0 Å². The van der Waals surface area contributed by atoms with Gasteiger partial charge in [-0.15, -0.1) is 0 Å². The lowest BCUT2D eigenvalue weighted by atomic mass is 10.3. The highest BCUT2D eigenvalue weighted by Gasteiger charge is 1.89. The van der Waals surface area contributed by atoms with Gasteiger partial charge >= 0.3 is 0 Å². The average Bonchev–Trinajstić information content (AvgIpc) is 2.02. The molecule has 1 aromatic heterocycles. The van der Waals surface area contributed by atoms with Crippen molar-refractivity contribution in [3.63, 3.8) is 0 Å². The molecular weight excluding hydrogens is 184 g/mol. The van der Waals surface area contributed by atoms with Gasteiger partial charge in [-0.05, 0) is 26.1 Å². The Morgan fingerprint density at radius 2 is 2.38 bits per heavy atom. The summed E-state index contributed by atoms with van der Waals surface area (Å²) in [4.78, 5) is 13.4. The molecule has 0 aromatic carbocycles. The molecule has 13 heavy (non-hydrogen) atoms. The van der Waals surface area contributed by atoms with E-state index in [9.17, 15) is 4.79 Å². The summed E-state index contributed by atoms with van der Waals surface area (Å²) >= 11 is 4.97. The maximum absolute atomic E-state index is 10.8. The predicted molar refractivity (Wildman–Crippen MR) is 55.3 cm³/mol. The molecule has 0 aliphatic heterocycles. The predicted octanol–water partition coefficient (Wildman–Crippen LogP) is 1.87. The second kappa shape index (κ2) is 4.18. The highest BCUT2D eigenvalue weighted by molar-refractivity contribution is 7.71. The van der Waals surface area contributed by atoms with Crippen molar-refractivity contribution < 1.29 is 0 Å². The summed E-state index contributed by atoms with van der Waals surface area (Å²) in [6, 6.07) is 1.47. The molecule has 0 fully saturated rings. The first-order valence-corrected chi connectivity index (χ1v) is 4.43. The average molecular weight is 196 g/mol. The highest BCUT2D eigenvalue weighted by atomic mass is 32.1. The van der Waals surface area contributed by atoms with E-state index >= 15 is 0 Å². The van der Waals surface area contributed by atoms with Crippen LogP contribution in [-0.4, -0.2) is 9.55 Å². The maximum Gasteiger partial charge on any atom is 0.251 e. The number of H-pyrrole nitrogens is 1. The lowest BCUT2D eigenvalue weighted by Crippen LogP contribution is -2.10. The lowest BCUT2D eigenvalue weighted by Gasteiger charge is -2.01. The van der Waals surface area contributed by atoms with Crippen LogP contribution in [0.15, 0.2) is 28.7 Å². The lowest BCUT2D eigenvalue weighted by molar-refractivity contribution is 0.758. The van der Waals surface area contributed by atoms with Gasteiger partial charge in [0.15, 0.2) is 4.77 Å². The monoisotopic (exact) mass is 196 g/mol. The molecule has 0 unspecified atom stereocenters. The molecule has 3 nitrogen and oxygen atoms in total. The molecule has 1 aromatic rings. The fourth-order valence-electron chi connectivity index (χ4n) is 0.869. The van der Waals surface area contributed by atoms with E-state index < -0.39 is 0 Å². The Morgan fingerprint density at radius 1 is 1.69 bits per heavy atom. The highest BCUT2D eigenvalue weighted by Crippen LogP contribution is 1.93. The standard InChI is InChI=1S/C9H12N2OS/c1-7(2)3-5-11-6-4-8(12)10-9(11)13/h3-4,6H,5H2,1-2H3,(H,10,12,13). The Kier molecular flexibility index (Phi) is 3.19. The molecule has 0 saturated heterocycles. The van der Waals surface area contributed by atoms with E-state index in [0.29, 0.717) is 11.3 Å². The van der Waals surface area contributed by atoms with Crippen molar-refractivity contribution in [1.29, 1.82) is 0 Å². The first-order valence-electron chi connectivity index (χ1n) is 4.03. The SMILES string of the molecule is CC(C)=CCn1ccc(=O)[nH]c1=S. The van der Waals surface area contributed by atoms with Crippen molar-refractivity contribution in [3.8, 4) is 0 Å². The molecule has 0 spiro atoms. The van der Waals surface area contributed by atoms with E-state index in [4.69, 9.17) is 12.2 Å². The van der Waals surface area contributed by atoms with Gasteiger partial charge in [0.1, 0.15) is 0 Å². The molecule has 1 heterocycles. The van der Waals surface area contributed by atoms with E-state index in [1.165, 1.54) is 11.6 Å². The van der Waals surface area contributed by atoms with E-state index in [2.05, 4.69) is 4.98 Å². The quantitative estimate of drug-likeness (QED) is 0.579. The van der Waals surface area contributed by atoms with E-state index in [1.807, 2.05) is 24.5 Å². The second-order valence-corrected chi connectivity index (χ2v) is 3.43. The molecule has 0 aliphatic rings. The number of aromatic nitrogens is 2. The fraction of sp³-hybridized carbons (Fsp3) is 0.333. The van der Waals surface area contributed by atoms with Gasteiger partial charge in [-0.1, -0.05) is 11.6 Å². The second-order valence-electron chi connectivity index (χ2n) is 3.04. The van der Waals surface area contributed by atoms with Crippen molar-refractivity contribution in [2.45, 2.75) is 20.4 Å². The molecule has 0 radical (unpaired) electrons. The topological polar surface area (TPSA) is 37.8 Å². The summed E-state index contributed by atoms with van der Waals surface area (Å²) < 4.78 is 2.27. The zero-order valence-corrected chi connectivity index (χ0v) is 8.52. The molecule has 70 valence electrons. The summed E-state index contributed by atoms with van der Waals surface area (Å²) in [5.41, 5.74) is 1.08. The Balaban J connectivity index is 2.97. The third-order valence-electron chi connectivity index (χ3n) is 1.59. The number of hydrogen-bond acceptors (Lipinski definition) is 2. The smallest absolute Gasteiger partial charge is 0.251 e. The van der Waals surface area contributed by atoms with Crippen LogP contribution < -0.4 is 5.56 Å². The van der Waals surface area contributed by atoms with Gasteiger partial charge in [-0.25, -0.2) is 0 Å². The van der Waals surface area contributed by atoms with E-state index in [1.54, 1.807) is 6.20 Å². The third kappa shape index (κ3) is 2.99. The third-order valence-corrected chi connectivity index (χ3v) is 1.93. The van der Waals surface area contributed by atoms with Gasteiger partial charge in [-0.2, -0.15) is 0 Å². The van der Waals surface area contributed by atoms with Crippen LogP contribution >= 0.6 is 12.2 Å². The van der Waals surface area contributed by atoms with Crippen molar-refractivity contribution >= 4 is 12.2 Å². The summed E-state index contributed by atoms with van der Waals surface area (Å²) in [6.07, 6.45) is 3.74. The van der Waals surface area contributed by atoms with Crippen LogP contribution in [-0.2, 0) is 6.54 Å². The number of rotatable bonds is 2. The molecule has 0 amide bonds. The Labute approximate surface area is 81.7 Å². The number of nitrogens with zero attached hydrogens (tertiary/aromatic N) is 1. The Hall–Kier alpha value is -1.16. The summed E-state index contributed by atoms with van der Waals surface area (Å²) in [7, 11) is 0. The number of nitrogens with one attached hydrogen (secondary N) is 1. The molecular formula is C9H12N2OS. The van der Waals surface area contributed by atoms with Crippen molar-refractivity contribution in [1.82, 2.24) is 9.55 Å². The molecule has 1 N–H and O–H groups in total. The molecule has 4 heteroatoms. The normalized spacial score (nSPS) is 9.69. The molecule has 0 atom stereocenters. The minimum atomic E-state index is -0.154. The molecule has 0 aliphatic carbocycles. The summed E-state index contributed by atoms with van der Waals surface area (Å²) in [6.45, 7) is 4.75. The van der Waals surface area contributed by atoms with E-state index in [-0.39, 0.29) is 5.56 Å². The summed E-state index contributed by atoms with van der Waals surface area (Å²) in [5.74, 6) is 0. The zero-order chi connectivity index (χ0) is 9.84. The number of aromatic amines is 1. The van der Waals surface area contributed by atoms with Gasteiger partial charge in [0.25, 0.3) is 5.56 Å². The van der Waals surface area contributed by atoms with Gasteiger partial charge in [0.05, 0.1) is 0 Å². The minimum absolute atomic E-state index is 0.154. The largest absolute Gasteiger partial charge is 0.321 e. The van der Waals surface area contributed by atoms with Crippen LogP contribution in [0.25, 0.3) is 0 Å². The first-order chi connectivity index (χ1) is 6.09. The van der Waals surface area contributed by atoms with Crippen molar-refractivity contribution in [3.05, 3.63) is 39.0 Å². The molecule has 0 bridgehead atoms. The fourth-order valence-corrected chi connectivity index (χ4v) is 1.10. The van der Waals surface area contributed by atoms with Crippen LogP contribution in [0.4, 0.5) is 0 Å². The Bertz CT molecular complexity index is 424. The van der Waals surface area contributed by atoms with Crippen LogP contribution in [0.5, 0.6) is 0 Å². The Morgan fingerprint density at radius 3 is 2.92 bits per heavy atom. The first kappa shape index (κ1) is 9.92. The maximum atomic E-state index is 10.8. The van der Waals surface area contributed by atoms with Gasteiger partial charge in [0, 0.05) is 18.8 Å². The van der Waals surface area contributed by atoms with Crippen LogP contribution in [0.3, 0.4) is 0 Å². The molecule has 1 rings (SSSR count).